The van der Waals surface area contributed by atoms with Crippen molar-refractivity contribution in [3.8, 4) is 0 Å². The smallest absolute Gasteiger partial charge is 0.306 e. The second kappa shape index (κ2) is 3.76. The maximum atomic E-state index is 10.7. The highest BCUT2D eigenvalue weighted by molar-refractivity contribution is 5.70. The van der Waals surface area contributed by atoms with Gasteiger partial charge in [0.2, 0.25) is 0 Å². The number of aliphatic carboxylic acids is 1. The first-order chi connectivity index (χ1) is 7.16. The molecule has 7 heteroatoms. The van der Waals surface area contributed by atoms with Crippen molar-refractivity contribution < 1.29 is 19.2 Å². The molecule has 2 N–H and O–H groups in total. The second-order valence-corrected chi connectivity index (χ2v) is 3.55. The summed E-state index contributed by atoms with van der Waals surface area (Å²) >= 11 is 0. The number of nitrogens with zero attached hydrogens (tertiary/aromatic N) is 3. The molecule has 15 heavy (non-hydrogen) atoms. The maximum Gasteiger partial charge on any atom is 0.306 e. The van der Waals surface area contributed by atoms with E-state index >= 15 is 0 Å². The van der Waals surface area contributed by atoms with Crippen LogP contribution >= 0.6 is 0 Å². The number of carboxylic acid groups (broad SMARTS) is 1. The van der Waals surface area contributed by atoms with Crippen LogP contribution in [0.15, 0.2) is 10.7 Å². The van der Waals surface area contributed by atoms with Gasteiger partial charge in [0.15, 0.2) is 0 Å². The third-order valence-electron chi connectivity index (χ3n) is 2.57. The molecule has 1 saturated heterocycles. The van der Waals surface area contributed by atoms with E-state index in [0.717, 1.165) is 0 Å². The highest BCUT2D eigenvalue weighted by Crippen LogP contribution is 2.13. The van der Waals surface area contributed by atoms with Crippen LogP contribution in [-0.4, -0.2) is 24.2 Å². The molecule has 0 spiro atoms. The summed E-state index contributed by atoms with van der Waals surface area (Å²) in [6.07, 6.45) is 2.66. The Hall–Kier alpha value is -1.79. The predicted octanol–water partition coefficient (Wildman–Crippen LogP) is -1.56. The molecule has 1 fully saturated rings. The molecule has 0 radical (unpaired) electrons. The molecule has 0 aromatic carbocycles. The van der Waals surface area contributed by atoms with E-state index < -0.39 is 5.97 Å². The largest absolute Gasteiger partial charge is 0.481 e. The summed E-state index contributed by atoms with van der Waals surface area (Å²) in [6, 6.07) is 0. The molecule has 0 bridgehead atoms. The lowest BCUT2D eigenvalue weighted by Crippen LogP contribution is -2.63. The van der Waals surface area contributed by atoms with Crippen LogP contribution in [0.4, 0.5) is 0 Å². The minimum atomic E-state index is -0.735. The predicted molar refractivity (Wildman–Crippen MR) is 46.4 cm³/mol. The topological polar surface area (TPSA) is 95.5 Å². The van der Waals surface area contributed by atoms with Crippen molar-refractivity contribution in [2.45, 2.75) is 12.8 Å². The number of rotatable bonds is 2. The van der Waals surface area contributed by atoms with E-state index in [2.05, 4.69) is 9.79 Å². The van der Waals surface area contributed by atoms with Gasteiger partial charge in [0.1, 0.15) is 0 Å². The van der Waals surface area contributed by atoms with Gasteiger partial charge in [0.25, 0.3) is 11.8 Å². The summed E-state index contributed by atoms with van der Waals surface area (Å²) in [5, 5.41) is 21.5. The van der Waals surface area contributed by atoms with Crippen molar-refractivity contribution in [1.82, 2.24) is 5.27 Å². The first-order valence-electron chi connectivity index (χ1n) is 4.75. The van der Waals surface area contributed by atoms with E-state index in [0.29, 0.717) is 25.9 Å². The molecular formula is C8H12N4O3. The molecule has 0 saturated carbocycles. The van der Waals surface area contributed by atoms with Crippen molar-refractivity contribution in [3.63, 3.8) is 0 Å². The highest BCUT2D eigenvalue weighted by Gasteiger charge is 2.24. The lowest BCUT2D eigenvalue weighted by Gasteiger charge is -2.30. The van der Waals surface area contributed by atoms with Crippen molar-refractivity contribution in [3.05, 3.63) is 11.8 Å². The number of hydrogen-bond donors (Lipinski definition) is 2. The van der Waals surface area contributed by atoms with E-state index in [1.807, 2.05) is 5.01 Å². The summed E-state index contributed by atoms with van der Waals surface area (Å²) in [4.78, 5) is 12.2. The number of nitrogens with one attached hydrogen (secondary N) is 1. The quantitative estimate of drug-likeness (QED) is 0.578. The van der Waals surface area contributed by atoms with Gasteiger partial charge in [-0.3, -0.25) is 15.2 Å². The zero-order valence-electron chi connectivity index (χ0n) is 8.09. The average molecular weight is 212 g/mol. The molecular weight excluding hydrogens is 200 g/mol. The molecule has 1 aliphatic heterocycles. The molecule has 7 nitrogen and oxygen atoms in total. The van der Waals surface area contributed by atoms with Gasteiger partial charge in [-0.05, 0) is 18.1 Å². The Morgan fingerprint density at radius 2 is 2.33 bits per heavy atom. The Morgan fingerprint density at radius 1 is 1.67 bits per heavy atom. The van der Waals surface area contributed by atoms with Gasteiger partial charge in [-0.1, -0.05) is 4.79 Å². The van der Waals surface area contributed by atoms with Crippen LogP contribution in [0.25, 0.3) is 0 Å². The monoisotopic (exact) mass is 212 g/mol. The minimum Gasteiger partial charge on any atom is -0.481 e. The fourth-order valence-electron chi connectivity index (χ4n) is 1.69. The number of carbonyl (C=O) groups is 1. The van der Waals surface area contributed by atoms with Gasteiger partial charge < -0.3 is 9.63 Å². The van der Waals surface area contributed by atoms with Crippen molar-refractivity contribution >= 4 is 5.97 Å². The fraction of sp³-hybridized carbons (Fsp3) is 0.625. The van der Waals surface area contributed by atoms with Crippen LogP contribution in [0.3, 0.4) is 0 Å². The zero-order chi connectivity index (χ0) is 10.8. The van der Waals surface area contributed by atoms with Crippen molar-refractivity contribution in [2.75, 3.05) is 18.1 Å². The molecule has 0 unspecified atom stereocenters. The fourth-order valence-corrected chi connectivity index (χ4v) is 1.69. The summed E-state index contributed by atoms with van der Waals surface area (Å²) in [7, 11) is 0. The SMILES string of the molecule is N=c1c[n+](N2CCC(C(=O)O)CC2)[n-]o1. The Morgan fingerprint density at radius 3 is 2.80 bits per heavy atom. The van der Waals surface area contributed by atoms with E-state index in [-0.39, 0.29) is 11.5 Å². The molecule has 1 aromatic heterocycles. The van der Waals surface area contributed by atoms with Crippen LogP contribution in [0.2, 0.25) is 0 Å². The van der Waals surface area contributed by atoms with E-state index in [1.165, 1.54) is 11.0 Å². The molecule has 1 aliphatic rings. The van der Waals surface area contributed by atoms with Crippen LogP contribution in [0.1, 0.15) is 12.8 Å². The second-order valence-electron chi connectivity index (χ2n) is 3.55. The first kappa shape index (κ1) is 9.75. The lowest BCUT2D eigenvalue weighted by atomic mass is 9.98. The molecule has 0 amide bonds. The van der Waals surface area contributed by atoms with E-state index in [9.17, 15) is 4.79 Å². The van der Waals surface area contributed by atoms with E-state index in [4.69, 9.17) is 10.5 Å². The van der Waals surface area contributed by atoms with Gasteiger partial charge in [-0.2, -0.15) is 0 Å². The summed E-state index contributed by atoms with van der Waals surface area (Å²) < 4.78 is 4.61. The number of carboxylic acids is 1. The minimum absolute atomic E-state index is 0.00430. The Kier molecular flexibility index (Phi) is 2.44. The normalized spacial score (nSPS) is 18.0. The molecule has 2 heterocycles. The molecule has 0 aliphatic carbocycles. The molecule has 2 rings (SSSR count). The Balaban J connectivity index is 1.99. The van der Waals surface area contributed by atoms with Gasteiger partial charge >= 0.3 is 5.97 Å². The van der Waals surface area contributed by atoms with Crippen LogP contribution in [0.5, 0.6) is 0 Å². The van der Waals surface area contributed by atoms with Crippen LogP contribution in [-0.2, 0) is 4.79 Å². The van der Waals surface area contributed by atoms with Crippen LogP contribution in [0, 0.1) is 11.3 Å². The summed E-state index contributed by atoms with van der Waals surface area (Å²) in [6.45, 7) is 1.24. The van der Waals surface area contributed by atoms with Crippen LogP contribution < -0.4 is 20.6 Å². The van der Waals surface area contributed by atoms with Crippen molar-refractivity contribution in [1.29, 1.82) is 5.41 Å². The summed E-state index contributed by atoms with van der Waals surface area (Å²) in [5.41, 5.74) is -0.00430. The van der Waals surface area contributed by atoms with E-state index in [1.54, 1.807) is 0 Å². The highest BCUT2D eigenvalue weighted by atomic mass is 16.5. The Bertz CT molecular complexity index is 402. The van der Waals surface area contributed by atoms with Crippen molar-refractivity contribution in [2.24, 2.45) is 5.92 Å². The first-order valence-corrected chi connectivity index (χ1v) is 4.75. The standard InChI is InChI=1S/C8H12N4O3/c9-7-5-12(10-15-7)11-3-1-6(2-4-11)8(13)14/h5-6,9H,1-4H2,(H,13,14). The zero-order valence-corrected chi connectivity index (χ0v) is 8.09. The third kappa shape index (κ3) is 2.00. The van der Waals surface area contributed by atoms with Gasteiger partial charge in [-0.25, -0.2) is 0 Å². The number of hydrogen-bond acceptors (Lipinski definition) is 4. The van der Waals surface area contributed by atoms with Gasteiger partial charge in [0, 0.05) is 13.1 Å². The Labute approximate surface area is 85.3 Å². The molecule has 0 atom stereocenters. The number of piperidine rings is 1. The maximum absolute atomic E-state index is 10.7. The van der Waals surface area contributed by atoms with Gasteiger partial charge in [0.05, 0.1) is 5.92 Å². The number of aromatic nitrogens is 2. The van der Waals surface area contributed by atoms with Gasteiger partial charge in [-0.15, -0.1) is 0 Å². The third-order valence-corrected chi connectivity index (χ3v) is 2.57. The molecule has 82 valence electrons. The lowest BCUT2D eigenvalue weighted by molar-refractivity contribution is -0.764. The average Bonchev–Trinajstić information content (AvgIpc) is 2.65. The molecule has 1 aromatic rings. The summed E-state index contributed by atoms with van der Waals surface area (Å²) in [5.74, 6) is -0.995.